The fourth-order valence-electron chi connectivity index (χ4n) is 6.85. The third-order valence-corrected chi connectivity index (χ3v) is 8.18. The van der Waals surface area contributed by atoms with Crippen LogP contribution < -0.4 is 5.06 Å². The second-order valence-corrected chi connectivity index (χ2v) is 8.70. The molecule has 0 aromatic heterocycles. The number of carbonyl (C=O) groups excluding carboxylic acids is 1. The maximum atomic E-state index is 13.7. The van der Waals surface area contributed by atoms with Crippen LogP contribution in [-0.4, -0.2) is 72.2 Å². The van der Waals surface area contributed by atoms with Crippen molar-refractivity contribution in [3.05, 3.63) is 29.8 Å². The number of aliphatic hydroxyl groups is 2. The van der Waals surface area contributed by atoms with Crippen LogP contribution in [0.5, 0.6) is 0 Å². The fourth-order valence-corrected chi connectivity index (χ4v) is 6.85. The number of para-hydroxylation sites is 1. The minimum atomic E-state index is -0.982. The number of hydrogen-bond donors (Lipinski definition) is 2. The summed E-state index contributed by atoms with van der Waals surface area (Å²) in [6.45, 7) is 2.54. The molecule has 4 fully saturated rings. The Morgan fingerprint density at radius 3 is 2.79 bits per heavy atom. The van der Waals surface area contributed by atoms with Crippen molar-refractivity contribution in [3.63, 3.8) is 0 Å². The van der Waals surface area contributed by atoms with Crippen molar-refractivity contribution < 1.29 is 24.6 Å². The van der Waals surface area contributed by atoms with E-state index in [1.165, 1.54) is 12.2 Å². The van der Waals surface area contributed by atoms with Gasteiger partial charge in [-0.15, -0.1) is 0 Å². The Morgan fingerprint density at radius 1 is 1.36 bits per heavy atom. The van der Waals surface area contributed by atoms with Gasteiger partial charge in [-0.05, 0) is 31.5 Å². The zero-order valence-electron chi connectivity index (χ0n) is 16.5. The summed E-state index contributed by atoms with van der Waals surface area (Å²) in [4.78, 5) is 21.3. The molecular weight excluding hydrogens is 360 g/mol. The second-order valence-electron chi connectivity index (χ2n) is 8.70. The Balaban J connectivity index is 1.71. The van der Waals surface area contributed by atoms with Gasteiger partial charge in [-0.3, -0.25) is 14.5 Å². The van der Waals surface area contributed by atoms with E-state index in [4.69, 9.17) is 9.57 Å². The first-order valence-electron chi connectivity index (χ1n) is 10.1. The molecule has 1 amide bonds. The summed E-state index contributed by atoms with van der Waals surface area (Å²) < 4.78 is 6.22. The molecule has 152 valence electrons. The predicted octanol–water partition coefficient (Wildman–Crippen LogP) is 0.683. The summed E-state index contributed by atoms with van der Waals surface area (Å²) in [7, 11) is 3.51. The third kappa shape index (κ3) is 1.85. The van der Waals surface area contributed by atoms with Crippen LogP contribution in [0.3, 0.4) is 0 Å². The summed E-state index contributed by atoms with van der Waals surface area (Å²) >= 11 is 0. The molecule has 7 nitrogen and oxygen atoms in total. The van der Waals surface area contributed by atoms with Gasteiger partial charge in [-0.1, -0.05) is 25.1 Å². The molecule has 7 atom stereocenters. The molecule has 0 radical (unpaired) electrons. The third-order valence-electron chi connectivity index (χ3n) is 8.18. The molecule has 4 aliphatic heterocycles. The number of likely N-dealkylation sites (N-methyl/N-ethyl adjacent to an activating group) is 1. The fraction of sp³-hybridized carbons (Fsp3) is 0.667. The highest BCUT2D eigenvalue weighted by atomic mass is 16.7. The van der Waals surface area contributed by atoms with Crippen molar-refractivity contribution in [2.45, 2.75) is 49.0 Å². The van der Waals surface area contributed by atoms with Gasteiger partial charge in [-0.25, -0.2) is 0 Å². The molecule has 4 bridgehead atoms. The summed E-state index contributed by atoms with van der Waals surface area (Å²) in [6.07, 6.45) is -0.208. The number of hydrogen-bond acceptors (Lipinski definition) is 6. The van der Waals surface area contributed by atoms with Crippen LogP contribution in [0.15, 0.2) is 24.3 Å². The molecule has 4 heterocycles. The number of likely N-dealkylation sites (tertiary alicyclic amines) is 1. The average molecular weight is 388 g/mol. The lowest BCUT2D eigenvalue weighted by Crippen LogP contribution is -2.64. The maximum absolute atomic E-state index is 13.7. The molecule has 6 rings (SSSR count). The molecule has 1 aliphatic carbocycles. The minimum absolute atomic E-state index is 0.0107. The van der Waals surface area contributed by atoms with E-state index in [0.717, 1.165) is 17.7 Å². The summed E-state index contributed by atoms with van der Waals surface area (Å²) in [5, 5.41) is 23.2. The largest absolute Gasteiger partial charge is 0.394 e. The number of carbonyl (C=O) groups is 1. The van der Waals surface area contributed by atoms with Crippen LogP contribution in [0.4, 0.5) is 5.69 Å². The smallest absolute Gasteiger partial charge is 0.264 e. The Kier molecular flexibility index (Phi) is 3.97. The Bertz CT molecular complexity index is 812. The molecule has 28 heavy (non-hydrogen) atoms. The molecule has 1 aromatic rings. The number of anilines is 1. The Hall–Kier alpha value is -1.51. The van der Waals surface area contributed by atoms with E-state index in [2.05, 4.69) is 11.8 Å². The van der Waals surface area contributed by atoms with Gasteiger partial charge in [0, 0.05) is 23.4 Å². The van der Waals surface area contributed by atoms with Crippen molar-refractivity contribution in [2.75, 3.05) is 32.4 Å². The second kappa shape index (κ2) is 6.00. The van der Waals surface area contributed by atoms with Crippen LogP contribution in [0, 0.1) is 11.8 Å². The minimum Gasteiger partial charge on any atom is -0.394 e. The highest BCUT2D eigenvalue weighted by molar-refractivity contribution is 6.07. The molecule has 7 heteroatoms. The number of benzene rings is 1. The lowest BCUT2D eigenvalue weighted by molar-refractivity contribution is -0.172. The Labute approximate surface area is 164 Å². The van der Waals surface area contributed by atoms with Gasteiger partial charge < -0.3 is 14.9 Å². The standard InChI is InChI=1S/C21H28N2O5/c1-4-20(11-24)16-12-10-28-18(17(16)25)21(9-15(12)22(20)2)13-7-5-6-8-14(13)23(27-3)19(21)26/h5-8,12,15-18,24-25H,4,9-11H2,1-3H3/t12-,15+,16+,17-,18-,20+,21+/m1/s1. The Morgan fingerprint density at radius 2 is 2.11 bits per heavy atom. The van der Waals surface area contributed by atoms with E-state index in [1.807, 2.05) is 31.3 Å². The van der Waals surface area contributed by atoms with E-state index >= 15 is 0 Å². The van der Waals surface area contributed by atoms with E-state index in [1.54, 1.807) is 0 Å². The molecule has 0 unspecified atom stereocenters. The van der Waals surface area contributed by atoms with Crippen LogP contribution in [0.2, 0.25) is 0 Å². The van der Waals surface area contributed by atoms with Gasteiger partial charge in [-0.2, -0.15) is 5.06 Å². The maximum Gasteiger partial charge on any atom is 0.264 e. The quantitative estimate of drug-likeness (QED) is 0.793. The van der Waals surface area contributed by atoms with Crippen molar-refractivity contribution in [1.82, 2.24) is 4.90 Å². The lowest BCUT2D eigenvalue weighted by atomic mass is 9.67. The van der Waals surface area contributed by atoms with Gasteiger partial charge in [0.1, 0.15) is 11.5 Å². The number of hydroxylamine groups is 1. The van der Waals surface area contributed by atoms with Crippen molar-refractivity contribution in [2.24, 2.45) is 11.8 Å². The molecule has 3 saturated heterocycles. The van der Waals surface area contributed by atoms with Gasteiger partial charge in [0.25, 0.3) is 5.91 Å². The highest BCUT2D eigenvalue weighted by Crippen LogP contribution is 2.60. The number of rotatable bonds is 3. The van der Waals surface area contributed by atoms with Crippen LogP contribution >= 0.6 is 0 Å². The average Bonchev–Trinajstić information content (AvgIpc) is 2.95. The molecule has 1 spiro atoms. The van der Waals surface area contributed by atoms with Gasteiger partial charge in [0.05, 0.1) is 32.1 Å². The lowest BCUT2D eigenvalue weighted by Gasteiger charge is -2.50. The van der Waals surface area contributed by atoms with Gasteiger partial charge in [0.2, 0.25) is 0 Å². The number of amides is 1. The zero-order valence-corrected chi connectivity index (χ0v) is 16.5. The number of ether oxygens (including phenoxy) is 1. The molecular formula is C21H28N2O5. The zero-order chi connectivity index (χ0) is 19.8. The first kappa shape index (κ1) is 18.5. The first-order chi connectivity index (χ1) is 13.5. The van der Waals surface area contributed by atoms with Gasteiger partial charge in [0.15, 0.2) is 0 Å². The van der Waals surface area contributed by atoms with Crippen LogP contribution in [0.25, 0.3) is 0 Å². The van der Waals surface area contributed by atoms with E-state index in [0.29, 0.717) is 13.0 Å². The van der Waals surface area contributed by atoms with Crippen LogP contribution in [-0.2, 0) is 19.8 Å². The SMILES string of the molecule is CC[C@]1(CO)[C@@H]2[C@@H](O)[C@H]3OC[C@@H]2[C@H](C[C@@]32C(=O)N(OC)c3ccccc32)N1C. The number of nitrogens with zero attached hydrogens (tertiary/aromatic N) is 2. The van der Waals surface area contributed by atoms with E-state index in [9.17, 15) is 15.0 Å². The van der Waals surface area contributed by atoms with Crippen molar-refractivity contribution in [1.29, 1.82) is 0 Å². The summed E-state index contributed by atoms with van der Waals surface area (Å²) in [6, 6.07) is 7.67. The molecule has 2 N–H and O–H groups in total. The molecule has 1 aromatic carbocycles. The number of aliphatic hydroxyl groups excluding tert-OH is 2. The predicted molar refractivity (Wildman–Crippen MR) is 102 cm³/mol. The van der Waals surface area contributed by atoms with Gasteiger partial charge >= 0.3 is 0 Å². The monoisotopic (exact) mass is 388 g/mol. The van der Waals surface area contributed by atoms with E-state index in [-0.39, 0.29) is 30.4 Å². The molecule has 1 saturated carbocycles. The van der Waals surface area contributed by atoms with E-state index < -0.39 is 23.2 Å². The number of fused-ring (bicyclic) bond motifs is 2. The molecule has 5 aliphatic rings. The van der Waals surface area contributed by atoms with Crippen LogP contribution in [0.1, 0.15) is 25.3 Å². The first-order valence-corrected chi connectivity index (χ1v) is 10.1. The summed E-state index contributed by atoms with van der Waals surface area (Å²) in [5.74, 6) is -0.223. The normalized spacial score (nSPS) is 44.4. The van der Waals surface area contributed by atoms with Crippen molar-refractivity contribution in [3.8, 4) is 0 Å². The van der Waals surface area contributed by atoms with Crippen molar-refractivity contribution >= 4 is 11.6 Å². The highest BCUT2D eigenvalue weighted by Gasteiger charge is 2.72. The topological polar surface area (TPSA) is 82.5 Å². The summed E-state index contributed by atoms with van der Waals surface area (Å²) in [5.41, 5.74) is 0.113.